The number of benzene rings is 1. The molecule has 0 fully saturated rings. The Hall–Kier alpha value is -3.61. The van der Waals surface area contributed by atoms with Crippen LogP contribution >= 0.6 is 0 Å². The summed E-state index contributed by atoms with van der Waals surface area (Å²) in [5, 5.41) is 7.56. The molecule has 4 rings (SSSR count). The number of furan rings is 1. The number of nitrogens with one attached hydrogen (secondary N) is 3. The molecule has 0 aliphatic carbocycles. The molecule has 0 spiro atoms. The summed E-state index contributed by atoms with van der Waals surface area (Å²) in [6.45, 7) is 4.03. The molecule has 0 saturated heterocycles. The number of aromatic nitrogens is 2. The van der Waals surface area contributed by atoms with Crippen molar-refractivity contribution >= 4 is 33.6 Å². The monoisotopic (exact) mass is 390 g/mol. The smallest absolute Gasteiger partial charge is 0.270 e. The summed E-state index contributed by atoms with van der Waals surface area (Å²) in [6.07, 6.45) is 3.20. The summed E-state index contributed by atoms with van der Waals surface area (Å²) >= 11 is 0. The van der Waals surface area contributed by atoms with Crippen LogP contribution in [0.3, 0.4) is 0 Å². The zero-order valence-electron chi connectivity index (χ0n) is 16.2. The minimum Gasteiger partial charge on any atom is -0.467 e. The number of carbonyl (C=O) groups excluding carboxylic acids is 2. The lowest BCUT2D eigenvalue weighted by atomic mass is 10.0. The van der Waals surface area contributed by atoms with E-state index in [1.54, 1.807) is 30.7 Å². The van der Waals surface area contributed by atoms with Gasteiger partial charge in [-0.25, -0.2) is 4.98 Å². The highest BCUT2D eigenvalue weighted by Gasteiger charge is 2.25. The molecule has 4 aromatic rings. The van der Waals surface area contributed by atoms with Gasteiger partial charge in [-0.05, 0) is 30.2 Å². The molecule has 3 heterocycles. The second-order valence-corrected chi connectivity index (χ2v) is 7.28. The fraction of sp³-hybridized carbons (Fsp3) is 0.227. The maximum atomic E-state index is 12.8. The van der Waals surface area contributed by atoms with Gasteiger partial charge in [0.2, 0.25) is 5.91 Å². The van der Waals surface area contributed by atoms with Crippen LogP contribution in [0.25, 0.3) is 21.8 Å². The summed E-state index contributed by atoms with van der Waals surface area (Å²) in [4.78, 5) is 33.0. The van der Waals surface area contributed by atoms with Gasteiger partial charge in [-0.3, -0.25) is 9.59 Å². The topological polar surface area (TPSA) is 100 Å². The summed E-state index contributed by atoms with van der Waals surface area (Å²) in [7, 11) is 0. The molecule has 1 aromatic carbocycles. The molecule has 0 bridgehead atoms. The minimum atomic E-state index is -0.682. The average Bonchev–Trinajstić information content (AvgIpc) is 3.36. The largest absolute Gasteiger partial charge is 0.467 e. The van der Waals surface area contributed by atoms with Crippen molar-refractivity contribution in [1.82, 2.24) is 20.6 Å². The molecule has 3 N–H and O–H groups in total. The van der Waals surface area contributed by atoms with Crippen molar-refractivity contribution in [3.05, 3.63) is 66.4 Å². The number of H-pyrrole nitrogens is 1. The summed E-state index contributed by atoms with van der Waals surface area (Å²) in [6, 6.07) is 12.5. The SMILES string of the molecule is CC(C)C(NC(=O)c1cc2c(cn1)[nH]c1ccccc12)C(=O)NCc1ccco1. The van der Waals surface area contributed by atoms with Crippen LogP contribution < -0.4 is 10.6 Å². The fourth-order valence-electron chi connectivity index (χ4n) is 3.32. The molecule has 7 nitrogen and oxygen atoms in total. The Morgan fingerprint density at radius 2 is 1.93 bits per heavy atom. The van der Waals surface area contributed by atoms with Crippen LogP contribution in [0.4, 0.5) is 0 Å². The van der Waals surface area contributed by atoms with Gasteiger partial charge in [0.05, 0.1) is 24.5 Å². The lowest BCUT2D eigenvalue weighted by molar-refractivity contribution is -0.124. The lowest BCUT2D eigenvalue weighted by Gasteiger charge is -2.21. The Kier molecular flexibility index (Phi) is 5.03. The van der Waals surface area contributed by atoms with E-state index in [9.17, 15) is 9.59 Å². The van der Waals surface area contributed by atoms with E-state index in [0.717, 1.165) is 21.8 Å². The molecule has 148 valence electrons. The molecule has 7 heteroatoms. The predicted molar refractivity (Wildman–Crippen MR) is 110 cm³/mol. The number of hydrogen-bond donors (Lipinski definition) is 3. The third-order valence-electron chi connectivity index (χ3n) is 4.88. The Bertz CT molecular complexity index is 1160. The Balaban J connectivity index is 1.52. The van der Waals surface area contributed by atoms with Crippen molar-refractivity contribution < 1.29 is 14.0 Å². The Morgan fingerprint density at radius 1 is 1.10 bits per heavy atom. The second kappa shape index (κ2) is 7.79. The van der Waals surface area contributed by atoms with Crippen molar-refractivity contribution in [1.29, 1.82) is 0 Å². The number of fused-ring (bicyclic) bond motifs is 3. The number of hydrogen-bond acceptors (Lipinski definition) is 4. The highest BCUT2D eigenvalue weighted by Crippen LogP contribution is 2.25. The Morgan fingerprint density at radius 3 is 2.69 bits per heavy atom. The first-order valence-electron chi connectivity index (χ1n) is 9.50. The van der Waals surface area contributed by atoms with Crippen molar-refractivity contribution in [3.63, 3.8) is 0 Å². The molecule has 1 atom stereocenters. The molecule has 29 heavy (non-hydrogen) atoms. The normalized spacial score (nSPS) is 12.4. The first-order valence-corrected chi connectivity index (χ1v) is 9.50. The predicted octanol–water partition coefficient (Wildman–Crippen LogP) is 3.38. The van der Waals surface area contributed by atoms with Crippen molar-refractivity contribution in [3.8, 4) is 0 Å². The first kappa shape index (κ1) is 18.7. The molecule has 0 aliphatic heterocycles. The van der Waals surface area contributed by atoms with Gasteiger partial charge in [0, 0.05) is 16.3 Å². The number of para-hydroxylation sites is 1. The minimum absolute atomic E-state index is 0.0904. The van der Waals surface area contributed by atoms with Gasteiger partial charge in [0.15, 0.2) is 0 Å². The lowest BCUT2D eigenvalue weighted by Crippen LogP contribution is -2.49. The van der Waals surface area contributed by atoms with Crippen LogP contribution in [0.1, 0.15) is 30.1 Å². The van der Waals surface area contributed by atoms with Gasteiger partial charge in [0.25, 0.3) is 5.91 Å². The number of carbonyl (C=O) groups is 2. The highest BCUT2D eigenvalue weighted by molar-refractivity contribution is 6.09. The van der Waals surface area contributed by atoms with Crippen LogP contribution in [0, 0.1) is 5.92 Å². The average molecular weight is 390 g/mol. The van der Waals surface area contributed by atoms with Gasteiger partial charge >= 0.3 is 0 Å². The summed E-state index contributed by atoms with van der Waals surface area (Å²) in [5.41, 5.74) is 2.12. The van der Waals surface area contributed by atoms with E-state index in [1.807, 2.05) is 38.1 Å². The Labute approximate surface area is 167 Å². The molecule has 1 unspecified atom stereocenters. The van der Waals surface area contributed by atoms with Crippen LogP contribution in [-0.4, -0.2) is 27.8 Å². The number of nitrogens with zero attached hydrogens (tertiary/aromatic N) is 1. The maximum absolute atomic E-state index is 12.8. The van der Waals surface area contributed by atoms with E-state index in [1.165, 1.54) is 0 Å². The number of aromatic amines is 1. The highest BCUT2D eigenvalue weighted by atomic mass is 16.3. The molecule has 0 radical (unpaired) electrons. The van der Waals surface area contributed by atoms with Gasteiger partial charge in [-0.1, -0.05) is 32.0 Å². The van der Waals surface area contributed by atoms with E-state index >= 15 is 0 Å². The molecule has 2 amide bonds. The molecular weight excluding hydrogens is 368 g/mol. The van der Waals surface area contributed by atoms with E-state index in [4.69, 9.17) is 4.42 Å². The molecule has 0 saturated carbocycles. The van der Waals surface area contributed by atoms with Crippen molar-refractivity contribution in [2.24, 2.45) is 5.92 Å². The maximum Gasteiger partial charge on any atom is 0.270 e. The van der Waals surface area contributed by atoms with Crippen LogP contribution in [0.5, 0.6) is 0 Å². The first-order chi connectivity index (χ1) is 14.0. The van der Waals surface area contributed by atoms with Gasteiger partial charge in [-0.15, -0.1) is 0 Å². The third-order valence-corrected chi connectivity index (χ3v) is 4.88. The summed E-state index contributed by atoms with van der Waals surface area (Å²) < 4.78 is 5.23. The van der Waals surface area contributed by atoms with E-state index in [2.05, 4.69) is 20.6 Å². The van der Waals surface area contributed by atoms with Crippen LogP contribution in [-0.2, 0) is 11.3 Å². The van der Waals surface area contributed by atoms with Gasteiger partial charge in [-0.2, -0.15) is 0 Å². The van der Waals surface area contributed by atoms with E-state index in [0.29, 0.717) is 5.76 Å². The van der Waals surface area contributed by atoms with Crippen LogP contribution in [0.15, 0.2) is 59.3 Å². The standard InChI is InChI=1S/C22H22N4O3/c1-13(2)20(22(28)24-11-14-6-5-9-29-14)26-21(27)18-10-16-15-7-3-4-8-17(15)25-19(16)12-23-18/h3-10,12-13,20,25H,11H2,1-2H3,(H,24,28)(H,26,27). The fourth-order valence-corrected chi connectivity index (χ4v) is 3.32. The molecular formula is C22H22N4O3. The number of rotatable bonds is 6. The molecule has 3 aromatic heterocycles. The van der Waals surface area contributed by atoms with Crippen molar-refractivity contribution in [2.45, 2.75) is 26.4 Å². The zero-order valence-corrected chi connectivity index (χ0v) is 16.2. The van der Waals surface area contributed by atoms with Gasteiger partial charge in [0.1, 0.15) is 17.5 Å². The van der Waals surface area contributed by atoms with Crippen LogP contribution in [0.2, 0.25) is 0 Å². The van der Waals surface area contributed by atoms with Gasteiger partial charge < -0.3 is 20.0 Å². The quantitative estimate of drug-likeness (QED) is 0.470. The van der Waals surface area contributed by atoms with Crippen molar-refractivity contribution in [2.75, 3.05) is 0 Å². The zero-order chi connectivity index (χ0) is 20.4. The van der Waals surface area contributed by atoms with E-state index in [-0.39, 0.29) is 30.0 Å². The third kappa shape index (κ3) is 3.85. The second-order valence-electron chi connectivity index (χ2n) is 7.28. The summed E-state index contributed by atoms with van der Waals surface area (Å²) in [5.74, 6) is -0.0899. The van der Waals surface area contributed by atoms with E-state index < -0.39 is 6.04 Å². The molecule has 0 aliphatic rings. The number of amides is 2. The number of pyridine rings is 1.